The van der Waals surface area contributed by atoms with Crippen LogP contribution in [0.1, 0.15) is 13.8 Å². The summed E-state index contributed by atoms with van der Waals surface area (Å²) in [5.74, 6) is -0.0110. The first-order valence-electron chi connectivity index (χ1n) is 4.50. The van der Waals surface area contributed by atoms with E-state index in [4.69, 9.17) is 0 Å². The van der Waals surface area contributed by atoms with E-state index in [9.17, 15) is 4.79 Å². The van der Waals surface area contributed by atoms with Gasteiger partial charge in [0, 0.05) is 11.1 Å². The van der Waals surface area contributed by atoms with Gasteiger partial charge in [-0.2, -0.15) is 0 Å². The highest BCUT2D eigenvalue weighted by Crippen LogP contribution is 2.08. The van der Waals surface area contributed by atoms with Gasteiger partial charge in [0.2, 0.25) is 0 Å². The molecule has 0 aromatic heterocycles. The monoisotopic (exact) mass is 188 g/mol. The fourth-order valence-electron chi connectivity index (χ4n) is 0.983. The van der Waals surface area contributed by atoms with Gasteiger partial charge < -0.3 is 0 Å². The van der Waals surface area contributed by atoms with E-state index in [-0.39, 0.29) is 5.78 Å². The first kappa shape index (κ1) is 12.4. The van der Waals surface area contributed by atoms with E-state index in [0.717, 1.165) is 0 Å². The van der Waals surface area contributed by atoms with Crippen molar-refractivity contribution in [2.45, 2.75) is 13.8 Å². The van der Waals surface area contributed by atoms with Crippen LogP contribution in [0.5, 0.6) is 0 Å². The molecule has 0 fully saturated rings. The van der Waals surface area contributed by atoms with Crippen LogP contribution in [-0.2, 0) is 4.79 Å². The SMILES string of the molecule is C=C/C=C\C(=C/C)C(=O)/C(C=C)=C/C. The highest BCUT2D eigenvalue weighted by atomic mass is 16.1. The molecule has 0 spiro atoms. The minimum absolute atomic E-state index is 0.0110. The summed E-state index contributed by atoms with van der Waals surface area (Å²) in [6, 6.07) is 0. The molecular weight excluding hydrogens is 172 g/mol. The van der Waals surface area contributed by atoms with Gasteiger partial charge in [0.05, 0.1) is 0 Å². The average Bonchev–Trinajstić information content (AvgIpc) is 2.21. The number of Topliss-reactive ketones (excluding diaryl/α,β-unsaturated/α-hetero) is 1. The molecule has 0 atom stereocenters. The molecule has 0 aromatic carbocycles. The van der Waals surface area contributed by atoms with Crippen LogP contribution in [0.15, 0.2) is 60.8 Å². The van der Waals surface area contributed by atoms with Crippen molar-refractivity contribution in [3.05, 3.63) is 60.8 Å². The van der Waals surface area contributed by atoms with Gasteiger partial charge in [0.15, 0.2) is 5.78 Å². The Morgan fingerprint density at radius 3 is 2.00 bits per heavy atom. The van der Waals surface area contributed by atoms with Gasteiger partial charge in [0.25, 0.3) is 0 Å². The summed E-state index contributed by atoms with van der Waals surface area (Å²) in [6.07, 6.45) is 10.2. The second-order valence-electron chi connectivity index (χ2n) is 2.62. The molecule has 0 saturated heterocycles. The maximum atomic E-state index is 11.7. The fourth-order valence-corrected chi connectivity index (χ4v) is 0.983. The largest absolute Gasteiger partial charge is 0.289 e. The van der Waals surface area contributed by atoms with E-state index in [2.05, 4.69) is 13.2 Å². The normalized spacial score (nSPS) is 13.0. The fraction of sp³-hybridized carbons (Fsp3) is 0.154. The molecule has 0 radical (unpaired) electrons. The molecule has 0 saturated carbocycles. The van der Waals surface area contributed by atoms with Crippen molar-refractivity contribution in [2.24, 2.45) is 0 Å². The molecule has 0 amide bonds. The van der Waals surface area contributed by atoms with Crippen molar-refractivity contribution < 1.29 is 4.79 Å². The predicted octanol–water partition coefficient (Wildman–Crippen LogP) is 3.38. The summed E-state index contributed by atoms with van der Waals surface area (Å²) in [6.45, 7) is 10.8. The summed E-state index contributed by atoms with van der Waals surface area (Å²) in [5, 5.41) is 0. The van der Waals surface area contributed by atoms with Gasteiger partial charge in [-0.05, 0) is 13.8 Å². The van der Waals surface area contributed by atoms with Crippen molar-refractivity contribution in [3.8, 4) is 0 Å². The van der Waals surface area contributed by atoms with E-state index in [1.807, 2.05) is 13.8 Å². The molecule has 0 rings (SSSR count). The minimum Gasteiger partial charge on any atom is -0.289 e. The Labute approximate surface area is 85.8 Å². The van der Waals surface area contributed by atoms with Crippen LogP contribution in [0.4, 0.5) is 0 Å². The number of allylic oxidation sites excluding steroid dienone is 8. The molecule has 0 aromatic rings. The van der Waals surface area contributed by atoms with Gasteiger partial charge in [0.1, 0.15) is 0 Å². The van der Waals surface area contributed by atoms with Crippen LogP contribution in [0.3, 0.4) is 0 Å². The third-order valence-corrected chi connectivity index (χ3v) is 1.78. The Morgan fingerprint density at radius 1 is 1.07 bits per heavy atom. The zero-order valence-electron chi connectivity index (χ0n) is 8.79. The van der Waals surface area contributed by atoms with Crippen molar-refractivity contribution in [3.63, 3.8) is 0 Å². The zero-order valence-corrected chi connectivity index (χ0v) is 8.79. The summed E-state index contributed by atoms with van der Waals surface area (Å²) in [5.41, 5.74) is 1.27. The lowest BCUT2D eigenvalue weighted by molar-refractivity contribution is -0.111. The van der Waals surface area contributed by atoms with Crippen LogP contribution < -0.4 is 0 Å². The number of carbonyl (C=O) groups is 1. The first-order valence-corrected chi connectivity index (χ1v) is 4.50. The van der Waals surface area contributed by atoms with Gasteiger partial charge >= 0.3 is 0 Å². The molecule has 14 heavy (non-hydrogen) atoms. The second kappa shape index (κ2) is 6.84. The molecule has 0 aliphatic heterocycles. The molecule has 1 nitrogen and oxygen atoms in total. The number of rotatable bonds is 5. The highest BCUT2D eigenvalue weighted by Gasteiger charge is 2.07. The number of hydrogen-bond donors (Lipinski definition) is 0. The van der Waals surface area contributed by atoms with Crippen LogP contribution in [-0.4, -0.2) is 5.78 Å². The van der Waals surface area contributed by atoms with Crippen LogP contribution in [0.25, 0.3) is 0 Å². The lowest BCUT2D eigenvalue weighted by Crippen LogP contribution is -2.02. The van der Waals surface area contributed by atoms with E-state index in [0.29, 0.717) is 11.1 Å². The standard InChI is InChI=1S/C13H16O/c1-5-9-10-12(8-4)13(14)11(6-2)7-3/h5-10H,1-2H2,3-4H3/b10-9-,11-7+,12-8+. The molecule has 0 heterocycles. The Balaban J connectivity index is 4.90. The highest BCUT2D eigenvalue weighted by molar-refractivity contribution is 6.11. The lowest BCUT2D eigenvalue weighted by atomic mass is 10.0. The van der Waals surface area contributed by atoms with Crippen molar-refractivity contribution >= 4 is 5.78 Å². The second-order valence-corrected chi connectivity index (χ2v) is 2.62. The third kappa shape index (κ3) is 3.40. The van der Waals surface area contributed by atoms with E-state index >= 15 is 0 Å². The number of carbonyl (C=O) groups excluding carboxylic acids is 1. The van der Waals surface area contributed by atoms with Gasteiger partial charge in [-0.3, -0.25) is 4.79 Å². The Bertz CT molecular complexity index is 314. The van der Waals surface area contributed by atoms with Crippen LogP contribution in [0.2, 0.25) is 0 Å². The zero-order chi connectivity index (χ0) is 11.0. The average molecular weight is 188 g/mol. The number of ketones is 1. The maximum absolute atomic E-state index is 11.7. The molecule has 1 heteroatoms. The summed E-state index contributed by atoms with van der Waals surface area (Å²) >= 11 is 0. The molecular formula is C13H16O. The van der Waals surface area contributed by atoms with Crippen LogP contribution >= 0.6 is 0 Å². The third-order valence-electron chi connectivity index (χ3n) is 1.78. The molecule has 0 N–H and O–H groups in total. The Kier molecular flexibility index (Phi) is 6.04. The quantitative estimate of drug-likeness (QED) is 0.477. The summed E-state index contributed by atoms with van der Waals surface area (Å²) in [7, 11) is 0. The maximum Gasteiger partial charge on any atom is 0.192 e. The van der Waals surface area contributed by atoms with Crippen LogP contribution in [0, 0.1) is 0 Å². The topological polar surface area (TPSA) is 17.1 Å². The van der Waals surface area contributed by atoms with Crippen molar-refractivity contribution in [1.82, 2.24) is 0 Å². The molecule has 0 bridgehead atoms. The molecule has 74 valence electrons. The Morgan fingerprint density at radius 2 is 1.64 bits per heavy atom. The Hall–Kier alpha value is -1.63. The van der Waals surface area contributed by atoms with E-state index < -0.39 is 0 Å². The number of hydrogen-bond acceptors (Lipinski definition) is 1. The first-order chi connectivity index (χ1) is 6.71. The van der Waals surface area contributed by atoms with Gasteiger partial charge in [-0.1, -0.05) is 49.6 Å². The van der Waals surface area contributed by atoms with E-state index in [1.165, 1.54) is 0 Å². The molecule has 0 aliphatic carbocycles. The van der Waals surface area contributed by atoms with Gasteiger partial charge in [-0.15, -0.1) is 0 Å². The van der Waals surface area contributed by atoms with Crippen molar-refractivity contribution in [2.75, 3.05) is 0 Å². The lowest BCUT2D eigenvalue weighted by Gasteiger charge is -2.00. The van der Waals surface area contributed by atoms with Gasteiger partial charge in [-0.25, -0.2) is 0 Å². The summed E-state index contributed by atoms with van der Waals surface area (Å²) < 4.78 is 0. The van der Waals surface area contributed by atoms with Crippen molar-refractivity contribution in [1.29, 1.82) is 0 Å². The van der Waals surface area contributed by atoms with E-state index in [1.54, 1.807) is 36.5 Å². The smallest absolute Gasteiger partial charge is 0.192 e. The molecule has 0 unspecified atom stereocenters. The minimum atomic E-state index is -0.0110. The predicted molar refractivity (Wildman–Crippen MR) is 62.1 cm³/mol. The molecule has 0 aliphatic rings. The summed E-state index contributed by atoms with van der Waals surface area (Å²) in [4.78, 5) is 11.7.